The predicted molar refractivity (Wildman–Crippen MR) is 44.3 cm³/mol. The van der Waals surface area contributed by atoms with Gasteiger partial charge in [-0.15, -0.1) is 0 Å². The Hall–Kier alpha value is -0.810. The Labute approximate surface area is 86.6 Å². The highest BCUT2D eigenvalue weighted by molar-refractivity contribution is 6.69. The van der Waals surface area contributed by atoms with E-state index in [0.29, 0.717) is 0 Å². The molecule has 0 unspecified atom stereocenters. The Bertz CT molecular complexity index is 383. The van der Waals surface area contributed by atoms with E-state index in [9.17, 15) is 18.0 Å². The second-order valence-electron chi connectivity index (χ2n) is 2.26. The first kappa shape index (κ1) is 11.3. The van der Waals surface area contributed by atoms with Crippen LogP contribution in [0.1, 0.15) is 22.3 Å². The highest BCUT2D eigenvalue weighted by Gasteiger charge is 2.25. The van der Waals surface area contributed by atoms with Gasteiger partial charge >= 0.3 is 0 Å². The van der Waals surface area contributed by atoms with Crippen LogP contribution in [0.2, 0.25) is 5.02 Å². The number of carbonyl (C=O) groups excluding carboxylic acids is 1. The number of halogens is 5. The first-order valence-electron chi connectivity index (χ1n) is 3.27. The third kappa shape index (κ3) is 1.99. The lowest BCUT2D eigenvalue weighted by Crippen LogP contribution is -2.05. The zero-order valence-corrected chi connectivity index (χ0v) is 7.91. The zero-order chi connectivity index (χ0) is 10.9. The van der Waals surface area contributed by atoms with Gasteiger partial charge in [0, 0.05) is 6.20 Å². The number of aromatic nitrogens is 1. The summed E-state index contributed by atoms with van der Waals surface area (Å²) in [5.74, 6) is -1.45. The van der Waals surface area contributed by atoms with E-state index >= 15 is 0 Å². The molecule has 7 heteroatoms. The Morgan fingerprint density at radius 2 is 2.07 bits per heavy atom. The molecule has 76 valence electrons. The van der Waals surface area contributed by atoms with E-state index < -0.39 is 33.8 Å². The summed E-state index contributed by atoms with van der Waals surface area (Å²) in [5, 5.41) is -1.65. The molecule has 0 saturated carbocycles. The summed E-state index contributed by atoms with van der Waals surface area (Å²) in [7, 11) is 0. The van der Waals surface area contributed by atoms with Gasteiger partial charge in [-0.2, -0.15) is 4.39 Å². The topological polar surface area (TPSA) is 30.0 Å². The third-order valence-electron chi connectivity index (χ3n) is 1.44. The molecule has 1 heterocycles. The molecule has 0 aliphatic heterocycles. The maximum atomic E-state index is 12.8. The fourth-order valence-electron chi connectivity index (χ4n) is 0.878. The van der Waals surface area contributed by atoms with Gasteiger partial charge < -0.3 is 0 Å². The molecular weight excluding hydrogens is 242 g/mol. The molecule has 1 aromatic rings. The molecule has 0 spiro atoms. The van der Waals surface area contributed by atoms with Crippen molar-refractivity contribution in [3.8, 4) is 0 Å². The molecule has 0 bridgehead atoms. The average molecular weight is 244 g/mol. The van der Waals surface area contributed by atoms with E-state index in [1.165, 1.54) is 0 Å². The largest absolute Gasteiger partial charge is 0.276 e. The van der Waals surface area contributed by atoms with Crippen LogP contribution in [0.3, 0.4) is 0 Å². The minimum atomic E-state index is -3.20. The molecule has 0 N–H and O–H groups in total. The molecule has 0 atom stereocenters. The molecule has 0 aromatic carbocycles. The van der Waals surface area contributed by atoms with Crippen molar-refractivity contribution in [3.05, 3.63) is 28.3 Å². The molecule has 0 aliphatic carbocycles. The molecule has 1 aromatic heterocycles. The van der Waals surface area contributed by atoms with Crippen molar-refractivity contribution in [2.45, 2.75) is 6.43 Å². The quantitative estimate of drug-likeness (QED) is 0.590. The normalized spacial score (nSPS) is 10.7. The van der Waals surface area contributed by atoms with Crippen LogP contribution in [0.5, 0.6) is 0 Å². The molecule has 0 amide bonds. The summed E-state index contributed by atoms with van der Waals surface area (Å²) in [6.07, 6.45) is -2.45. The van der Waals surface area contributed by atoms with Crippen LogP contribution in [0, 0.1) is 5.95 Å². The minimum absolute atomic E-state index is 0.401. The molecule has 1 rings (SSSR count). The zero-order valence-electron chi connectivity index (χ0n) is 6.40. The first-order chi connectivity index (χ1) is 6.45. The standard InChI is InChI=1S/C7H2Cl2F3NO/c8-2-1-13-7(12)4(6(10)11)3(2)5(9)14/h1,6H. The second-order valence-corrected chi connectivity index (χ2v) is 3.01. The van der Waals surface area contributed by atoms with Gasteiger partial charge in [0.1, 0.15) is 0 Å². The molecule has 0 fully saturated rings. The summed E-state index contributed by atoms with van der Waals surface area (Å²) in [4.78, 5) is 13.7. The number of alkyl halides is 2. The molecular formula is C7H2Cl2F3NO. The number of hydrogen-bond donors (Lipinski definition) is 0. The Kier molecular flexibility index (Phi) is 3.34. The third-order valence-corrected chi connectivity index (χ3v) is 1.91. The van der Waals surface area contributed by atoms with Crippen LogP contribution in [0.15, 0.2) is 6.20 Å². The van der Waals surface area contributed by atoms with E-state index in [-0.39, 0.29) is 0 Å². The minimum Gasteiger partial charge on any atom is -0.276 e. The maximum absolute atomic E-state index is 12.8. The summed E-state index contributed by atoms with van der Waals surface area (Å²) >= 11 is 10.4. The van der Waals surface area contributed by atoms with Gasteiger partial charge in [0.15, 0.2) is 0 Å². The summed E-state index contributed by atoms with van der Waals surface area (Å²) in [6.45, 7) is 0. The Morgan fingerprint density at radius 3 is 2.43 bits per heavy atom. The highest BCUT2D eigenvalue weighted by Crippen LogP contribution is 2.30. The molecule has 0 saturated heterocycles. The van der Waals surface area contributed by atoms with Crippen LogP contribution in [0.4, 0.5) is 13.2 Å². The van der Waals surface area contributed by atoms with Gasteiger partial charge in [0.05, 0.1) is 16.1 Å². The van der Waals surface area contributed by atoms with Crippen molar-refractivity contribution in [2.75, 3.05) is 0 Å². The molecule has 14 heavy (non-hydrogen) atoms. The van der Waals surface area contributed by atoms with E-state index in [2.05, 4.69) is 4.98 Å². The average Bonchev–Trinajstić information content (AvgIpc) is 2.07. The Balaban J connectivity index is 3.50. The van der Waals surface area contributed by atoms with Gasteiger partial charge in [-0.1, -0.05) is 11.6 Å². The first-order valence-corrected chi connectivity index (χ1v) is 4.02. The molecule has 0 aliphatic rings. The monoisotopic (exact) mass is 243 g/mol. The summed E-state index contributed by atoms with van der Waals surface area (Å²) < 4.78 is 37.3. The van der Waals surface area contributed by atoms with Gasteiger partial charge in [0.2, 0.25) is 5.95 Å². The molecule has 2 nitrogen and oxygen atoms in total. The summed E-state index contributed by atoms with van der Waals surface area (Å²) in [6, 6.07) is 0. The number of carbonyl (C=O) groups is 1. The van der Waals surface area contributed by atoms with E-state index in [4.69, 9.17) is 23.2 Å². The fraction of sp³-hybridized carbons (Fsp3) is 0.143. The highest BCUT2D eigenvalue weighted by atomic mass is 35.5. The van der Waals surface area contributed by atoms with Crippen molar-refractivity contribution in [2.24, 2.45) is 0 Å². The van der Waals surface area contributed by atoms with E-state index in [0.717, 1.165) is 6.20 Å². The van der Waals surface area contributed by atoms with E-state index in [1.807, 2.05) is 0 Å². The lowest BCUT2D eigenvalue weighted by molar-refractivity contribution is 0.106. The van der Waals surface area contributed by atoms with Crippen LogP contribution < -0.4 is 0 Å². The number of hydrogen-bond acceptors (Lipinski definition) is 2. The van der Waals surface area contributed by atoms with Crippen molar-refractivity contribution < 1.29 is 18.0 Å². The van der Waals surface area contributed by atoms with Crippen molar-refractivity contribution in [1.82, 2.24) is 4.98 Å². The van der Waals surface area contributed by atoms with Crippen LogP contribution in [-0.4, -0.2) is 10.2 Å². The van der Waals surface area contributed by atoms with Crippen LogP contribution >= 0.6 is 23.2 Å². The van der Waals surface area contributed by atoms with Crippen molar-refractivity contribution in [1.29, 1.82) is 0 Å². The predicted octanol–water partition coefficient (Wildman–Crippen LogP) is 3.19. The van der Waals surface area contributed by atoms with Crippen LogP contribution in [0.25, 0.3) is 0 Å². The fourth-order valence-corrected chi connectivity index (χ4v) is 1.37. The number of nitrogens with zero attached hydrogens (tertiary/aromatic N) is 1. The lowest BCUT2D eigenvalue weighted by atomic mass is 10.1. The SMILES string of the molecule is O=C(Cl)c1c(Cl)cnc(F)c1C(F)F. The van der Waals surface area contributed by atoms with Gasteiger partial charge in [-0.25, -0.2) is 13.8 Å². The van der Waals surface area contributed by atoms with Gasteiger partial charge in [-0.05, 0) is 11.6 Å². The van der Waals surface area contributed by atoms with Crippen molar-refractivity contribution >= 4 is 28.4 Å². The number of pyridine rings is 1. The number of rotatable bonds is 2. The molecule has 0 radical (unpaired) electrons. The Morgan fingerprint density at radius 1 is 1.50 bits per heavy atom. The van der Waals surface area contributed by atoms with E-state index in [1.54, 1.807) is 0 Å². The van der Waals surface area contributed by atoms with Gasteiger partial charge in [-0.3, -0.25) is 4.79 Å². The lowest BCUT2D eigenvalue weighted by Gasteiger charge is -2.06. The summed E-state index contributed by atoms with van der Waals surface area (Å²) in [5.41, 5.74) is -1.91. The second kappa shape index (κ2) is 4.14. The van der Waals surface area contributed by atoms with Crippen molar-refractivity contribution in [3.63, 3.8) is 0 Å². The smallest absolute Gasteiger partial charge is 0.269 e. The maximum Gasteiger partial charge on any atom is 0.269 e. The van der Waals surface area contributed by atoms with Crippen LogP contribution in [-0.2, 0) is 0 Å². The van der Waals surface area contributed by atoms with Gasteiger partial charge in [0.25, 0.3) is 11.7 Å².